The number of carboxylic acids is 1. The molecular weight excluding hydrogens is 1140 g/mol. The number of ether oxygens (including phenoxy) is 7. The van der Waals surface area contributed by atoms with E-state index in [9.17, 15) is 47.0 Å². The van der Waals surface area contributed by atoms with Crippen LogP contribution in [-0.2, 0) is 78.4 Å². The molecule has 0 spiro atoms. The van der Waals surface area contributed by atoms with E-state index in [1.165, 1.54) is 53.9 Å². The van der Waals surface area contributed by atoms with Crippen LogP contribution in [0.25, 0.3) is 11.1 Å². The first kappa shape index (κ1) is 61.0. The van der Waals surface area contributed by atoms with Gasteiger partial charge >= 0.3 is 36.1 Å². The monoisotopic (exact) mass is 1250 g/mol. The van der Waals surface area contributed by atoms with E-state index in [-0.39, 0.29) is 39.7 Å². The Labute approximate surface area is 530 Å². The van der Waals surface area contributed by atoms with Crippen LogP contribution >= 0.6 is 0 Å². The molecule has 6 rings (SSSR count). The number of aliphatic hydroxyl groups excluding tert-OH is 1. The van der Waals surface area contributed by atoms with E-state index < -0.39 is 95.1 Å². The fraction of sp³-hybridized carbons (Fsp3) is 0.485. The largest absolute Gasteiger partial charge is 0.480 e. The molecule has 4 atom stereocenters. The summed E-state index contributed by atoms with van der Waals surface area (Å²) in [7, 11) is 2.59. The van der Waals surface area contributed by atoms with Crippen molar-refractivity contribution in [1.82, 2.24) is 9.80 Å². The smallest absolute Gasteiger partial charge is 0.410 e. The summed E-state index contributed by atoms with van der Waals surface area (Å²) >= 11 is 0. The van der Waals surface area contributed by atoms with Gasteiger partial charge in [0, 0.05) is 73.1 Å². The van der Waals surface area contributed by atoms with Gasteiger partial charge in [-0.05, 0) is 128 Å². The number of carboxylic acid groups (broad SMARTS) is 1. The number of halogens is 4. The topological polar surface area (TPSA) is 214 Å². The second kappa shape index (κ2) is 32.9. The van der Waals surface area contributed by atoms with Crippen molar-refractivity contribution in [2.75, 3.05) is 40.5 Å². The number of likely N-dealkylation sites (N-methyl/N-ethyl adjacent to an activating group) is 2. The van der Waals surface area contributed by atoms with Crippen LogP contribution in [0.3, 0.4) is 0 Å². The fourth-order valence-electron chi connectivity index (χ4n) is 8.60. The maximum atomic E-state index is 15.2. The summed E-state index contributed by atoms with van der Waals surface area (Å²) in [6.45, 7) is 17.0. The Balaban J connectivity index is -0.000000454. The number of hydrogen-bond donors (Lipinski definition) is 2. The molecule has 17 nitrogen and oxygen atoms in total. The van der Waals surface area contributed by atoms with Crippen LogP contribution in [-0.4, -0.2) is 143 Å². The Hall–Kier alpha value is -7.62. The average molecular weight is 1250 g/mol. The molecule has 0 saturated heterocycles. The maximum Gasteiger partial charge on any atom is 0.410 e. The van der Waals surface area contributed by atoms with Gasteiger partial charge in [-0.1, -0.05) is 97.1 Å². The predicted molar refractivity (Wildman–Crippen MR) is 335 cm³/mol. The molecule has 0 unspecified atom stereocenters. The minimum atomic E-state index is -1.87. The second-order valence-electron chi connectivity index (χ2n) is 24.2. The van der Waals surface area contributed by atoms with E-state index in [1.54, 1.807) is 90.1 Å². The Morgan fingerprint density at radius 1 is 0.575 bits per heavy atom. The third-order valence-corrected chi connectivity index (χ3v) is 13.0. The highest BCUT2D eigenvalue weighted by Gasteiger charge is 2.39. The molecule has 2 aliphatic rings. The number of nitrogens with zero attached hydrogens (tertiary/aromatic N) is 2. The minimum Gasteiger partial charge on any atom is -0.480 e. The van der Waals surface area contributed by atoms with Gasteiger partial charge < -0.3 is 43.4 Å². The molecule has 2 amide bonds. The lowest BCUT2D eigenvalue weighted by atomic mass is 9.97. The number of aliphatic carboxylic acids is 1. The standard InChI is InChI=1S/C33H41F2NO7.C21H21FO4.C12H22FNO4.8H2/c1-32(2,3)43-31(39)36(6)27(20-33(4,5)35)29(37)42-28(30(38)41-21-22-10-8-7-9-11-22)19-23-12-13-25(26(34)18-23)24-14-16-40-17-15-24;22-19-12-16(6-7-18(19)17-8-10-25-11-9-17)13-20(23)21(24)26-14-15-4-2-1-3-5-15;1-11(2,3)18-10(17)14(6)8(9(15)16)7-12(4,5)13;;;;;;;;/h7-14,18,27-28H,15-17,19-21H2,1-6H3;1-8,12,20,23H,9-11,13-14H2;8H,7H2,1-6H3,(H,15,16);8*1H/t27-,28+;20-;8-;;;;;;;;/m000......../s1/i;;;7*1+1D;1+1. The first-order valence-electron chi connectivity index (χ1n) is 35.5. The molecule has 0 aliphatic carbocycles. The third kappa shape index (κ3) is 26.1. The van der Waals surface area contributed by atoms with Gasteiger partial charge in [-0.25, -0.2) is 46.3 Å². The van der Waals surface area contributed by atoms with E-state index in [4.69, 9.17) is 59.1 Å². The van der Waals surface area contributed by atoms with Crippen molar-refractivity contribution in [3.05, 3.63) is 154 Å². The molecule has 2 heterocycles. The molecule has 21 heteroatoms. The molecule has 0 radical (unpaired) electrons. The van der Waals surface area contributed by atoms with Crippen molar-refractivity contribution in [2.24, 2.45) is 0 Å². The Kier molecular flexibility index (Phi) is 23.1. The fourth-order valence-corrected chi connectivity index (χ4v) is 8.60. The van der Waals surface area contributed by atoms with Crippen LogP contribution in [0.1, 0.15) is 151 Å². The lowest BCUT2D eigenvalue weighted by molar-refractivity contribution is -0.172. The van der Waals surface area contributed by atoms with Crippen molar-refractivity contribution in [3.8, 4) is 0 Å². The first-order chi connectivity index (χ1) is 47.6. The van der Waals surface area contributed by atoms with Gasteiger partial charge in [-0.15, -0.1) is 0 Å². The van der Waals surface area contributed by atoms with Gasteiger partial charge in [0.1, 0.15) is 59.5 Å². The normalized spacial score (nSPS) is 15.6. The molecule has 2 N–H and O–H groups in total. The number of esters is 3. The van der Waals surface area contributed by atoms with Crippen molar-refractivity contribution in [2.45, 2.75) is 168 Å². The molecule has 0 bridgehead atoms. The van der Waals surface area contributed by atoms with Crippen LogP contribution in [0, 0.1) is 11.6 Å². The van der Waals surface area contributed by atoms with Crippen LogP contribution in [0.4, 0.5) is 27.2 Å². The average Bonchev–Trinajstić information content (AvgIpc) is 0.822. The first-order valence-corrected chi connectivity index (χ1v) is 28.5. The summed E-state index contributed by atoms with van der Waals surface area (Å²) in [5, 5.41) is 19.1. The highest BCUT2D eigenvalue weighted by Crippen LogP contribution is 2.29. The Morgan fingerprint density at radius 3 is 1.36 bits per heavy atom. The second-order valence-corrected chi connectivity index (χ2v) is 24.2. The molecule has 87 heavy (non-hydrogen) atoms. The lowest BCUT2D eigenvalue weighted by Gasteiger charge is -2.32. The van der Waals surface area contributed by atoms with Gasteiger partial charge in [0.05, 0.1) is 26.4 Å². The number of carbonyl (C=O) groups excluding carboxylic acids is 5. The summed E-state index contributed by atoms with van der Waals surface area (Å²) in [4.78, 5) is 76.1. The lowest BCUT2D eigenvalue weighted by Crippen LogP contribution is -2.49. The summed E-state index contributed by atoms with van der Waals surface area (Å²) in [6, 6.07) is 24.8. The van der Waals surface area contributed by atoms with Gasteiger partial charge in [0.2, 0.25) is 6.10 Å². The van der Waals surface area contributed by atoms with Crippen molar-refractivity contribution >= 4 is 47.2 Å². The summed E-state index contributed by atoms with van der Waals surface area (Å²) < 4.78 is 165. The molecule has 2 aliphatic heterocycles. The molecule has 4 aromatic rings. The van der Waals surface area contributed by atoms with E-state index >= 15 is 4.39 Å². The van der Waals surface area contributed by atoms with Gasteiger partial charge in [0.25, 0.3) is 0 Å². The third-order valence-electron chi connectivity index (χ3n) is 13.0. The molecule has 4 aromatic carbocycles. The van der Waals surface area contributed by atoms with E-state index in [1.807, 2.05) is 48.6 Å². The molecule has 0 fully saturated rings. The van der Waals surface area contributed by atoms with Crippen LogP contribution in [0.5, 0.6) is 0 Å². The number of hydrogen-bond acceptors (Lipinski definition) is 14. The van der Waals surface area contributed by atoms with Gasteiger partial charge in [-0.3, -0.25) is 9.80 Å². The highest BCUT2D eigenvalue weighted by molar-refractivity contribution is 5.85. The van der Waals surface area contributed by atoms with Crippen molar-refractivity contribution < 1.29 is 112 Å². The summed E-state index contributed by atoms with van der Waals surface area (Å²) in [6.07, 6.45) is -0.447. The van der Waals surface area contributed by atoms with Crippen molar-refractivity contribution in [3.63, 3.8) is 0 Å². The van der Waals surface area contributed by atoms with Crippen LogP contribution < -0.4 is 0 Å². The van der Waals surface area contributed by atoms with Crippen LogP contribution in [0.15, 0.2) is 109 Å². The van der Waals surface area contributed by atoms with E-state index in [0.29, 0.717) is 67.1 Å². The number of carbonyl (C=O) groups is 6. The maximum absolute atomic E-state index is 15.2. The van der Waals surface area contributed by atoms with Crippen LogP contribution in [0.2, 0.25) is 0 Å². The van der Waals surface area contributed by atoms with Crippen molar-refractivity contribution in [1.29, 1.82) is 0 Å². The quantitative estimate of drug-likeness (QED) is 0.0451. The minimum absolute atomic E-state index is 0. The number of rotatable bonds is 21. The zero-order valence-corrected chi connectivity index (χ0v) is 51.8. The number of amides is 2. The van der Waals surface area contributed by atoms with E-state index in [0.717, 1.165) is 26.5 Å². The SMILES string of the molecule is CN(C(=O)OC(C)(C)C)[C@@H](CC(C)(C)F)C(=O)O.CN(C(=O)OC(C)(C)C)[C@@H](CC(C)(C)F)C(=O)O[C@H](Cc1ccc(C2=CCOCC2)c(F)c1)C(=O)OCc1ccccc1.O=C(OCc1ccccc1)[C@@H](O)Cc1ccc(C2=CCOCC2)c(F)c1.[2HH].[2H][2H].[2H][2H].[2H][2H].[2H][2H].[2H][2H].[2H][2H].[2H][2H]. The zero-order valence-electron chi connectivity index (χ0n) is 65.8. The number of benzene rings is 4. The molecule has 0 aromatic heterocycles. The highest BCUT2D eigenvalue weighted by atomic mass is 19.1. The number of alkyl halides is 2. The molecular formula is C66H100F4N2O15. The Bertz CT molecular complexity index is 3040. The molecule has 0 saturated carbocycles. The Morgan fingerprint density at radius 2 is 0.977 bits per heavy atom. The van der Waals surface area contributed by atoms with Gasteiger partial charge in [0.15, 0.2) is 6.10 Å². The number of aliphatic hydroxyl groups is 1. The van der Waals surface area contributed by atoms with Gasteiger partial charge in [-0.2, -0.15) is 0 Å². The molecule has 492 valence electrons. The zero-order chi connectivity index (χ0) is 78.9. The summed E-state index contributed by atoms with van der Waals surface area (Å²) in [5.74, 6) is -4.72. The predicted octanol–water partition coefficient (Wildman–Crippen LogP) is 13.9. The summed E-state index contributed by atoms with van der Waals surface area (Å²) in [5.41, 5.74) is 0.0386. The van der Waals surface area contributed by atoms with E-state index in [2.05, 4.69) is 0 Å².